The van der Waals surface area contributed by atoms with E-state index in [-0.39, 0.29) is 11.4 Å². The maximum Gasteiger partial charge on any atom is 0.335 e. The quantitative estimate of drug-likeness (QED) is 0.844. The molecule has 0 spiro atoms. The van der Waals surface area contributed by atoms with E-state index in [1.807, 2.05) is 6.07 Å². The molecule has 72 valence electrons. The number of nitriles is 1. The molecule has 0 radical (unpaired) electrons. The summed E-state index contributed by atoms with van der Waals surface area (Å²) in [6, 6.07) is 4.74. The van der Waals surface area contributed by atoms with Crippen LogP contribution in [0.3, 0.4) is 0 Å². The van der Waals surface area contributed by atoms with Crippen LogP contribution in [0.5, 0.6) is 0 Å². The number of alkyl halides is 1. The molecule has 0 aromatic heterocycles. The van der Waals surface area contributed by atoms with E-state index in [0.29, 0.717) is 15.6 Å². The van der Waals surface area contributed by atoms with Crippen LogP contribution in [-0.4, -0.2) is 11.1 Å². The molecule has 1 aromatic rings. The van der Waals surface area contributed by atoms with Gasteiger partial charge in [-0.15, -0.1) is 11.6 Å². The molecule has 1 rings (SSSR count). The highest BCUT2D eigenvalue weighted by Crippen LogP contribution is 2.23. The summed E-state index contributed by atoms with van der Waals surface area (Å²) in [7, 11) is 0. The molecule has 1 N–H and O–H groups in total. The molecule has 0 aliphatic rings. The Bertz CT molecular complexity index is 426. The van der Waals surface area contributed by atoms with Crippen LogP contribution >= 0.6 is 27.5 Å². The molecule has 0 saturated heterocycles. The topological polar surface area (TPSA) is 61.1 Å². The summed E-state index contributed by atoms with van der Waals surface area (Å²) < 4.78 is 0.454. The van der Waals surface area contributed by atoms with E-state index in [1.165, 1.54) is 12.1 Å². The number of halogens is 2. The van der Waals surface area contributed by atoms with Gasteiger partial charge in [0.15, 0.2) is 0 Å². The van der Waals surface area contributed by atoms with Gasteiger partial charge in [0.2, 0.25) is 0 Å². The Hall–Kier alpha value is -1.05. The van der Waals surface area contributed by atoms with E-state index < -0.39 is 5.97 Å². The molecule has 0 saturated carbocycles. The maximum atomic E-state index is 10.7. The average Bonchev–Trinajstić information content (AvgIpc) is 2.16. The zero-order chi connectivity index (χ0) is 10.7. The monoisotopic (exact) mass is 273 g/mol. The summed E-state index contributed by atoms with van der Waals surface area (Å²) in [5.74, 6) is -0.927. The van der Waals surface area contributed by atoms with E-state index in [9.17, 15) is 4.79 Å². The first kappa shape index (κ1) is 11.0. The number of hydrogen-bond acceptors (Lipinski definition) is 2. The van der Waals surface area contributed by atoms with Gasteiger partial charge in [-0.05, 0) is 33.6 Å². The van der Waals surface area contributed by atoms with Gasteiger partial charge in [0, 0.05) is 10.4 Å². The molecule has 0 heterocycles. The molecular formula is C9H5BrClNO2. The van der Waals surface area contributed by atoms with Crippen molar-refractivity contribution in [1.82, 2.24) is 0 Å². The van der Waals surface area contributed by atoms with E-state index >= 15 is 0 Å². The number of aromatic carboxylic acids is 1. The predicted octanol–water partition coefficient (Wildman–Crippen LogP) is 2.76. The van der Waals surface area contributed by atoms with Gasteiger partial charge in [-0.1, -0.05) is 0 Å². The molecule has 0 bridgehead atoms. The van der Waals surface area contributed by atoms with E-state index in [4.69, 9.17) is 22.0 Å². The molecular weight excluding hydrogens is 269 g/mol. The Morgan fingerprint density at radius 1 is 1.64 bits per heavy atom. The average molecular weight is 275 g/mol. The van der Waals surface area contributed by atoms with Crippen molar-refractivity contribution in [2.45, 2.75) is 5.88 Å². The largest absolute Gasteiger partial charge is 0.478 e. The van der Waals surface area contributed by atoms with Crippen LogP contribution < -0.4 is 0 Å². The summed E-state index contributed by atoms with van der Waals surface area (Å²) in [4.78, 5) is 10.7. The molecule has 1 aromatic carbocycles. The number of nitrogens with zero attached hydrogens (tertiary/aromatic N) is 1. The third-order valence-electron chi connectivity index (χ3n) is 1.67. The second-order valence-corrected chi connectivity index (χ2v) is 3.66. The van der Waals surface area contributed by atoms with E-state index in [2.05, 4.69) is 15.9 Å². The Kier molecular flexibility index (Phi) is 3.50. The predicted molar refractivity (Wildman–Crippen MR) is 55.4 cm³/mol. The number of rotatable bonds is 2. The van der Waals surface area contributed by atoms with Crippen molar-refractivity contribution in [2.24, 2.45) is 0 Å². The zero-order valence-electron chi connectivity index (χ0n) is 6.92. The van der Waals surface area contributed by atoms with Crippen molar-refractivity contribution < 1.29 is 9.90 Å². The fourth-order valence-electron chi connectivity index (χ4n) is 1.02. The molecule has 0 aliphatic carbocycles. The summed E-state index contributed by atoms with van der Waals surface area (Å²) in [5.41, 5.74) is 1.01. The first-order valence-electron chi connectivity index (χ1n) is 3.62. The van der Waals surface area contributed by atoms with Gasteiger partial charge < -0.3 is 5.11 Å². The Morgan fingerprint density at radius 2 is 2.29 bits per heavy atom. The third kappa shape index (κ3) is 2.06. The first-order valence-corrected chi connectivity index (χ1v) is 4.94. The number of carbonyl (C=O) groups is 1. The summed E-state index contributed by atoms with van der Waals surface area (Å²) in [6.45, 7) is 0. The molecule has 0 atom stereocenters. The van der Waals surface area contributed by atoms with Crippen LogP contribution in [0.1, 0.15) is 21.5 Å². The van der Waals surface area contributed by atoms with Gasteiger partial charge in [0.05, 0.1) is 11.1 Å². The van der Waals surface area contributed by atoms with E-state index in [1.54, 1.807) is 0 Å². The molecule has 0 unspecified atom stereocenters. The van der Waals surface area contributed by atoms with E-state index in [0.717, 1.165) is 0 Å². The van der Waals surface area contributed by atoms with Gasteiger partial charge in [-0.3, -0.25) is 0 Å². The first-order chi connectivity index (χ1) is 6.60. The summed E-state index contributed by atoms with van der Waals surface area (Å²) in [6.07, 6.45) is 0. The molecule has 14 heavy (non-hydrogen) atoms. The summed E-state index contributed by atoms with van der Waals surface area (Å²) >= 11 is 8.72. The number of hydrogen-bond donors (Lipinski definition) is 1. The highest BCUT2D eigenvalue weighted by atomic mass is 79.9. The molecule has 0 aliphatic heterocycles. The van der Waals surface area contributed by atoms with Crippen molar-refractivity contribution >= 4 is 33.5 Å². The van der Waals surface area contributed by atoms with Crippen molar-refractivity contribution in [3.8, 4) is 6.07 Å². The lowest BCUT2D eigenvalue weighted by atomic mass is 10.1. The van der Waals surface area contributed by atoms with Crippen LogP contribution in [0, 0.1) is 11.3 Å². The molecule has 0 amide bonds. The van der Waals surface area contributed by atoms with Crippen LogP contribution in [0.15, 0.2) is 16.6 Å². The number of carboxylic acids is 1. The van der Waals surface area contributed by atoms with Crippen LogP contribution in [-0.2, 0) is 5.88 Å². The van der Waals surface area contributed by atoms with Gasteiger partial charge in [-0.25, -0.2) is 4.79 Å². The Morgan fingerprint density at radius 3 is 2.71 bits per heavy atom. The second-order valence-electron chi connectivity index (χ2n) is 2.54. The SMILES string of the molecule is N#Cc1c(Br)cc(C(=O)O)cc1CCl. The van der Waals surface area contributed by atoms with Crippen LogP contribution in [0.2, 0.25) is 0 Å². The van der Waals surface area contributed by atoms with Gasteiger partial charge >= 0.3 is 5.97 Å². The lowest BCUT2D eigenvalue weighted by molar-refractivity contribution is 0.0696. The molecule has 5 heteroatoms. The minimum absolute atomic E-state index is 0.114. The van der Waals surface area contributed by atoms with Crippen molar-refractivity contribution in [3.63, 3.8) is 0 Å². The van der Waals surface area contributed by atoms with Crippen molar-refractivity contribution in [2.75, 3.05) is 0 Å². The van der Waals surface area contributed by atoms with Gasteiger partial charge in [0.25, 0.3) is 0 Å². The van der Waals surface area contributed by atoms with Gasteiger partial charge in [-0.2, -0.15) is 5.26 Å². The highest BCUT2D eigenvalue weighted by Gasteiger charge is 2.11. The Labute approximate surface area is 94.0 Å². The maximum absolute atomic E-state index is 10.7. The standard InChI is InChI=1S/C9H5BrClNO2/c10-8-2-5(9(13)14)1-6(3-11)7(8)4-12/h1-2H,3H2,(H,13,14). The van der Waals surface area contributed by atoms with Crippen LogP contribution in [0.25, 0.3) is 0 Å². The molecule has 3 nitrogen and oxygen atoms in total. The van der Waals surface area contributed by atoms with Crippen molar-refractivity contribution in [3.05, 3.63) is 33.3 Å². The lowest BCUT2D eigenvalue weighted by Gasteiger charge is -2.04. The number of benzene rings is 1. The second kappa shape index (κ2) is 4.45. The normalized spacial score (nSPS) is 9.50. The minimum Gasteiger partial charge on any atom is -0.478 e. The number of carboxylic acid groups (broad SMARTS) is 1. The fraction of sp³-hybridized carbons (Fsp3) is 0.111. The van der Waals surface area contributed by atoms with Crippen LogP contribution in [0.4, 0.5) is 0 Å². The smallest absolute Gasteiger partial charge is 0.335 e. The minimum atomic E-state index is -1.04. The van der Waals surface area contributed by atoms with Crippen molar-refractivity contribution in [1.29, 1.82) is 5.26 Å². The fourth-order valence-corrected chi connectivity index (χ4v) is 1.82. The lowest BCUT2D eigenvalue weighted by Crippen LogP contribution is -1.99. The Balaban J connectivity index is 3.40. The van der Waals surface area contributed by atoms with Gasteiger partial charge in [0.1, 0.15) is 6.07 Å². The molecule has 0 fully saturated rings. The highest BCUT2D eigenvalue weighted by molar-refractivity contribution is 9.10. The third-order valence-corrected chi connectivity index (χ3v) is 2.59. The summed E-state index contributed by atoms with van der Waals surface area (Å²) in [5, 5.41) is 17.5. The zero-order valence-corrected chi connectivity index (χ0v) is 9.26.